The summed E-state index contributed by atoms with van der Waals surface area (Å²) >= 11 is 0. The molecule has 1 amide bonds. The van der Waals surface area contributed by atoms with Crippen LogP contribution in [0.15, 0.2) is 41.1 Å². The molecular formula is C16H17N3O3. The highest BCUT2D eigenvalue weighted by Crippen LogP contribution is 2.26. The molecule has 0 radical (unpaired) electrons. The van der Waals surface area contributed by atoms with E-state index in [1.54, 1.807) is 30.3 Å². The number of methoxy groups -OCH3 is 1. The van der Waals surface area contributed by atoms with Crippen molar-refractivity contribution >= 4 is 22.7 Å². The Kier molecular flexibility index (Phi) is 3.82. The molecule has 6 heteroatoms. The van der Waals surface area contributed by atoms with E-state index in [0.717, 1.165) is 16.7 Å². The average molecular weight is 299 g/mol. The van der Waals surface area contributed by atoms with Crippen LogP contribution in [0.4, 0.5) is 5.82 Å². The topological polar surface area (TPSA) is 69.3 Å². The Morgan fingerprint density at radius 3 is 3.05 bits per heavy atom. The van der Waals surface area contributed by atoms with Crippen molar-refractivity contribution in [3.8, 4) is 5.75 Å². The monoisotopic (exact) mass is 299 g/mol. The summed E-state index contributed by atoms with van der Waals surface area (Å²) in [6.07, 6.45) is 3.52. The first kappa shape index (κ1) is 14.2. The molecule has 0 saturated heterocycles. The highest BCUT2D eigenvalue weighted by molar-refractivity contribution is 5.94. The summed E-state index contributed by atoms with van der Waals surface area (Å²) in [5, 5.41) is 7.90. The van der Waals surface area contributed by atoms with E-state index in [9.17, 15) is 4.79 Å². The van der Waals surface area contributed by atoms with Gasteiger partial charge in [-0.15, -0.1) is 0 Å². The SMILES string of the molecule is CCn1nccc1NC(=O)Cc1coc2cc(OC)ccc12. The summed E-state index contributed by atoms with van der Waals surface area (Å²) in [6.45, 7) is 2.68. The van der Waals surface area contributed by atoms with E-state index in [-0.39, 0.29) is 12.3 Å². The number of aromatic nitrogens is 2. The number of nitrogens with zero attached hydrogens (tertiary/aromatic N) is 2. The molecule has 114 valence electrons. The predicted octanol–water partition coefficient (Wildman–Crippen LogP) is 2.84. The van der Waals surface area contributed by atoms with Crippen LogP contribution in [0.2, 0.25) is 0 Å². The Balaban J connectivity index is 1.77. The second-order valence-corrected chi connectivity index (χ2v) is 4.88. The third-order valence-corrected chi connectivity index (χ3v) is 3.50. The van der Waals surface area contributed by atoms with E-state index < -0.39 is 0 Å². The van der Waals surface area contributed by atoms with Gasteiger partial charge in [-0.25, -0.2) is 4.68 Å². The molecule has 6 nitrogen and oxygen atoms in total. The van der Waals surface area contributed by atoms with Crippen molar-refractivity contribution < 1.29 is 13.9 Å². The Bertz CT molecular complexity index is 804. The number of aryl methyl sites for hydroxylation is 1. The van der Waals surface area contributed by atoms with Gasteiger partial charge in [0.15, 0.2) is 0 Å². The maximum Gasteiger partial charge on any atom is 0.230 e. The molecule has 2 heterocycles. The smallest absolute Gasteiger partial charge is 0.230 e. The van der Waals surface area contributed by atoms with E-state index in [2.05, 4.69) is 10.4 Å². The van der Waals surface area contributed by atoms with Gasteiger partial charge in [0, 0.05) is 29.6 Å². The van der Waals surface area contributed by atoms with Gasteiger partial charge in [-0.1, -0.05) is 0 Å². The zero-order valence-electron chi connectivity index (χ0n) is 12.5. The Hall–Kier alpha value is -2.76. The third kappa shape index (κ3) is 2.67. The van der Waals surface area contributed by atoms with Crippen molar-refractivity contribution in [2.24, 2.45) is 0 Å². The zero-order chi connectivity index (χ0) is 15.5. The summed E-state index contributed by atoms with van der Waals surface area (Å²) in [7, 11) is 1.61. The first-order chi connectivity index (χ1) is 10.7. The Labute approximate surface area is 127 Å². The molecule has 22 heavy (non-hydrogen) atoms. The quantitative estimate of drug-likeness (QED) is 0.786. The lowest BCUT2D eigenvalue weighted by Gasteiger charge is -2.06. The van der Waals surface area contributed by atoms with Gasteiger partial charge >= 0.3 is 0 Å². The van der Waals surface area contributed by atoms with Crippen LogP contribution < -0.4 is 10.1 Å². The lowest BCUT2D eigenvalue weighted by atomic mass is 10.1. The maximum absolute atomic E-state index is 12.2. The number of hydrogen-bond acceptors (Lipinski definition) is 4. The van der Waals surface area contributed by atoms with Crippen molar-refractivity contribution in [3.05, 3.63) is 42.3 Å². The van der Waals surface area contributed by atoms with E-state index in [4.69, 9.17) is 9.15 Å². The van der Waals surface area contributed by atoms with Crippen molar-refractivity contribution in [3.63, 3.8) is 0 Å². The summed E-state index contributed by atoms with van der Waals surface area (Å²) in [4.78, 5) is 12.2. The van der Waals surface area contributed by atoms with Crippen LogP contribution in [-0.4, -0.2) is 22.8 Å². The highest BCUT2D eigenvalue weighted by atomic mass is 16.5. The molecule has 0 fully saturated rings. The summed E-state index contributed by atoms with van der Waals surface area (Å²) in [6, 6.07) is 7.34. The number of carbonyl (C=O) groups is 1. The van der Waals surface area contributed by atoms with Crippen LogP contribution in [-0.2, 0) is 17.8 Å². The van der Waals surface area contributed by atoms with Gasteiger partial charge in [-0.3, -0.25) is 4.79 Å². The molecule has 0 bridgehead atoms. The molecule has 0 aliphatic rings. The summed E-state index contributed by atoms with van der Waals surface area (Å²) in [5.74, 6) is 1.32. The van der Waals surface area contributed by atoms with Crippen LogP contribution in [0, 0.1) is 0 Å². The largest absolute Gasteiger partial charge is 0.497 e. The molecule has 0 atom stereocenters. The number of amides is 1. The fraction of sp³-hybridized carbons (Fsp3) is 0.250. The second-order valence-electron chi connectivity index (χ2n) is 4.88. The number of hydrogen-bond donors (Lipinski definition) is 1. The number of benzene rings is 1. The number of nitrogens with one attached hydrogen (secondary N) is 1. The van der Waals surface area contributed by atoms with E-state index in [1.165, 1.54) is 0 Å². The third-order valence-electron chi connectivity index (χ3n) is 3.50. The molecule has 0 spiro atoms. The molecule has 0 aliphatic carbocycles. The van der Waals surface area contributed by atoms with Crippen molar-refractivity contribution in [1.29, 1.82) is 0 Å². The van der Waals surface area contributed by atoms with Crippen molar-refractivity contribution in [1.82, 2.24) is 9.78 Å². The van der Waals surface area contributed by atoms with Crippen molar-refractivity contribution in [2.45, 2.75) is 19.9 Å². The van der Waals surface area contributed by atoms with Gasteiger partial charge < -0.3 is 14.5 Å². The summed E-state index contributed by atoms with van der Waals surface area (Å²) in [5.41, 5.74) is 1.55. The van der Waals surface area contributed by atoms with Crippen LogP contribution >= 0.6 is 0 Å². The van der Waals surface area contributed by atoms with Crippen LogP contribution in [0.5, 0.6) is 5.75 Å². The van der Waals surface area contributed by atoms with Crippen LogP contribution in [0.1, 0.15) is 12.5 Å². The van der Waals surface area contributed by atoms with Gasteiger partial charge in [0.2, 0.25) is 5.91 Å². The number of anilines is 1. The number of carbonyl (C=O) groups excluding carboxylic acids is 1. The van der Waals surface area contributed by atoms with Crippen molar-refractivity contribution in [2.75, 3.05) is 12.4 Å². The van der Waals surface area contributed by atoms with E-state index >= 15 is 0 Å². The molecule has 3 aromatic rings. The minimum atomic E-state index is -0.103. The fourth-order valence-corrected chi connectivity index (χ4v) is 2.38. The highest BCUT2D eigenvalue weighted by Gasteiger charge is 2.12. The van der Waals surface area contributed by atoms with Gasteiger partial charge in [-0.05, 0) is 19.1 Å². The first-order valence-electron chi connectivity index (χ1n) is 7.07. The zero-order valence-corrected chi connectivity index (χ0v) is 12.5. The van der Waals surface area contributed by atoms with E-state index in [0.29, 0.717) is 17.9 Å². The molecule has 0 unspecified atom stereocenters. The van der Waals surface area contributed by atoms with E-state index in [1.807, 2.05) is 25.1 Å². The molecule has 1 aromatic carbocycles. The first-order valence-corrected chi connectivity index (χ1v) is 7.07. The van der Waals surface area contributed by atoms with Crippen LogP contribution in [0.25, 0.3) is 11.0 Å². The molecule has 2 aromatic heterocycles. The number of ether oxygens (including phenoxy) is 1. The number of fused-ring (bicyclic) bond motifs is 1. The minimum Gasteiger partial charge on any atom is -0.497 e. The lowest BCUT2D eigenvalue weighted by molar-refractivity contribution is -0.115. The van der Waals surface area contributed by atoms with Gasteiger partial charge in [-0.2, -0.15) is 5.10 Å². The van der Waals surface area contributed by atoms with Gasteiger partial charge in [0.25, 0.3) is 0 Å². The van der Waals surface area contributed by atoms with Crippen LogP contribution in [0.3, 0.4) is 0 Å². The Morgan fingerprint density at radius 1 is 1.41 bits per heavy atom. The minimum absolute atomic E-state index is 0.103. The molecule has 0 saturated carbocycles. The molecule has 1 N–H and O–H groups in total. The molecule has 3 rings (SSSR count). The normalized spacial score (nSPS) is 10.8. The maximum atomic E-state index is 12.2. The molecular weight excluding hydrogens is 282 g/mol. The predicted molar refractivity (Wildman–Crippen MR) is 83.0 cm³/mol. The lowest BCUT2D eigenvalue weighted by Crippen LogP contribution is -2.17. The second kappa shape index (κ2) is 5.93. The Morgan fingerprint density at radius 2 is 2.27 bits per heavy atom. The molecule has 0 aliphatic heterocycles. The number of rotatable bonds is 5. The van der Waals surface area contributed by atoms with Gasteiger partial charge in [0.05, 0.1) is 26.0 Å². The number of furan rings is 1. The van der Waals surface area contributed by atoms with Gasteiger partial charge in [0.1, 0.15) is 17.2 Å². The standard InChI is InChI=1S/C16H17N3O3/c1-3-19-15(6-7-17-19)18-16(20)8-11-10-22-14-9-12(21-2)4-5-13(11)14/h4-7,9-10H,3,8H2,1-2H3,(H,18,20). The fourth-order valence-electron chi connectivity index (χ4n) is 2.38. The summed E-state index contributed by atoms with van der Waals surface area (Å²) < 4.78 is 12.4. The average Bonchev–Trinajstić information content (AvgIpc) is 3.13.